The zero-order chi connectivity index (χ0) is 9.40. The lowest BCUT2D eigenvalue weighted by molar-refractivity contribution is -0.118. The number of carbonyl (C=O) groups is 2. The molecule has 3 heteroatoms. The first-order valence-corrected chi connectivity index (χ1v) is 5.41. The fourth-order valence-electron chi connectivity index (χ4n) is 0.681. The molecule has 0 fully saturated rings. The van der Waals surface area contributed by atoms with Gasteiger partial charge in [-0.05, 0) is 6.92 Å². The van der Waals surface area contributed by atoms with E-state index in [9.17, 15) is 9.59 Å². The van der Waals surface area contributed by atoms with E-state index in [0.717, 1.165) is 11.5 Å². The molecule has 0 saturated heterocycles. The maximum absolute atomic E-state index is 10.8. The number of Topliss-reactive ketones (excluding diaryl/α,β-unsaturated/α-hetero) is 2. The number of ketones is 2. The van der Waals surface area contributed by atoms with Crippen LogP contribution in [0.5, 0.6) is 0 Å². The third-order valence-electron chi connectivity index (χ3n) is 1.52. The SMILES string of the molecule is CCC(=O)CCSCCC(C)=O. The van der Waals surface area contributed by atoms with Crippen molar-refractivity contribution in [3.63, 3.8) is 0 Å². The molecule has 70 valence electrons. The molecule has 0 aromatic heterocycles. The van der Waals surface area contributed by atoms with Crippen LogP contribution >= 0.6 is 11.8 Å². The monoisotopic (exact) mass is 188 g/mol. The van der Waals surface area contributed by atoms with Gasteiger partial charge in [-0.25, -0.2) is 0 Å². The Hall–Kier alpha value is -0.310. The summed E-state index contributed by atoms with van der Waals surface area (Å²) in [6.07, 6.45) is 1.91. The quantitative estimate of drug-likeness (QED) is 0.573. The second kappa shape index (κ2) is 7.35. The van der Waals surface area contributed by atoms with Crippen LogP contribution in [0.3, 0.4) is 0 Å². The molecular weight excluding hydrogens is 172 g/mol. The van der Waals surface area contributed by atoms with Gasteiger partial charge in [0.2, 0.25) is 0 Å². The van der Waals surface area contributed by atoms with Crippen LogP contribution < -0.4 is 0 Å². The highest BCUT2D eigenvalue weighted by Gasteiger charge is 1.98. The molecule has 0 heterocycles. The minimum absolute atomic E-state index is 0.226. The smallest absolute Gasteiger partial charge is 0.133 e. The number of rotatable bonds is 7. The summed E-state index contributed by atoms with van der Waals surface area (Å²) in [6, 6.07) is 0. The van der Waals surface area contributed by atoms with E-state index in [0.29, 0.717) is 25.0 Å². The topological polar surface area (TPSA) is 34.1 Å². The Labute approximate surface area is 78.1 Å². The molecule has 0 unspecified atom stereocenters. The highest BCUT2D eigenvalue weighted by Crippen LogP contribution is 2.05. The standard InChI is InChI=1S/C9H16O2S/c1-3-9(11)5-7-12-6-4-8(2)10/h3-7H2,1-2H3. The lowest BCUT2D eigenvalue weighted by atomic mass is 10.2. The minimum atomic E-state index is 0.226. The van der Waals surface area contributed by atoms with Gasteiger partial charge in [0, 0.05) is 30.8 Å². The Morgan fingerprint density at radius 1 is 1.17 bits per heavy atom. The fourth-order valence-corrected chi connectivity index (χ4v) is 1.69. The Morgan fingerprint density at radius 2 is 1.75 bits per heavy atom. The largest absolute Gasteiger partial charge is 0.300 e. The molecule has 0 amide bonds. The molecule has 0 aliphatic rings. The molecule has 0 atom stereocenters. The van der Waals surface area contributed by atoms with Gasteiger partial charge in [-0.2, -0.15) is 11.8 Å². The van der Waals surface area contributed by atoms with Crippen LogP contribution in [-0.2, 0) is 9.59 Å². The van der Waals surface area contributed by atoms with E-state index in [-0.39, 0.29) is 5.78 Å². The van der Waals surface area contributed by atoms with Gasteiger partial charge in [-0.3, -0.25) is 9.59 Å². The minimum Gasteiger partial charge on any atom is -0.300 e. The number of hydrogen-bond acceptors (Lipinski definition) is 3. The lowest BCUT2D eigenvalue weighted by Gasteiger charge is -1.97. The fraction of sp³-hybridized carbons (Fsp3) is 0.778. The first-order valence-electron chi connectivity index (χ1n) is 4.25. The van der Waals surface area contributed by atoms with Crippen LogP contribution in [0, 0.1) is 0 Å². The van der Waals surface area contributed by atoms with Gasteiger partial charge in [0.15, 0.2) is 0 Å². The van der Waals surface area contributed by atoms with Gasteiger partial charge in [0.05, 0.1) is 0 Å². The van der Waals surface area contributed by atoms with Crippen molar-refractivity contribution in [1.29, 1.82) is 0 Å². The van der Waals surface area contributed by atoms with E-state index in [1.807, 2.05) is 6.92 Å². The number of thioether (sulfide) groups is 1. The zero-order valence-corrected chi connectivity index (χ0v) is 8.58. The first kappa shape index (κ1) is 11.7. The second-order valence-corrected chi connectivity index (χ2v) is 3.93. The maximum atomic E-state index is 10.8. The summed E-state index contributed by atoms with van der Waals surface area (Å²) in [7, 11) is 0. The molecule has 0 aromatic rings. The molecule has 0 aliphatic heterocycles. The first-order chi connectivity index (χ1) is 5.66. The van der Waals surface area contributed by atoms with Crippen molar-refractivity contribution in [3.05, 3.63) is 0 Å². The predicted molar refractivity (Wildman–Crippen MR) is 52.5 cm³/mol. The summed E-state index contributed by atoms with van der Waals surface area (Å²) in [6.45, 7) is 3.47. The molecule has 0 rings (SSSR count). The Balaban J connectivity index is 3.11. The van der Waals surface area contributed by atoms with Crippen LogP contribution in [-0.4, -0.2) is 23.1 Å². The zero-order valence-electron chi connectivity index (χ0n) is 7.76. The van der Waals surface area contributed by atoms with E-state index >= 15 is 0 Å². The molecule has 12 heavy (non-hydrogen) atoms. The molecule has 0 spiro atoms. The van der Waals surface area contributed by atoms with Gasteiger partial charge >= 0.3 is 0 Å². The second-order valence-electron chi connectivity index (χ2n) is 2.71. The van der Waals surface area contributed by atoms with Crippen LogP contribution in [0.2, 0.25) is 0 Å². The van der Waals surface area contributed by atoms with Gasteiger partial charge in [0.25, 0.3) is 0 Å². The summed E-state index contributed by atoms with van der Waals surface area (Å²) in [4.78, 5) is 21.3. The van der Waals surface area contributed by atoms with Crippen LogP contribution in [0.1, 0.15) is 33.1 Å². The van der Waals surface area contributed by atoms with Crippen molar-refractivity contribution in [3.8, 4) is 0 Å². The summed E-state index contributed by atoms with van der Waals surface area (Å²) >= 11 is 1.68. The number of carbonyl (C=O) groups excluding carboxylic acids is 2. The third-order valence-corrected chi connectivity index (χ3v) is 2.50. The van der Waals surface area contributed by atoms with Gasteiger partial charge in [-0.1, -0.05) is 6.92 Å². The molecule has 0 saturated carbocycles. The van der Waals surface area contributed by atoms with E-state index in [1.54, 1.807) is 18.7 Å². The highest BCUT2D eigenvalue weighted by atomic mass is 32.2. The highest BCUT2D eigenvalue weighted by molar-refractivity contribution is 7.99. The average Bonchev–Trinajstić information content (AvgIpc) is 2.03. The Morgan fingerprint density at radius 3 is 2.25 bits per heavy atom. The van der Waals surface area contributed by atoms with Crippen molar-refractivity contribution in [2.45, 2.75) is 33.1 Å². The molecule has 0 bridgehead atoms. The maximum Gasteiger partial charge on any atom is 0.133 e. The van der Waals surface area contributed by atoms with Gasteiger partial charge in [0.1, 0.15) is 11.6 Å². The van der Waals surface area contributed by atoms with Crippen molar-refractivity contribution in [2.24, 2.45) is 0 Å². The number of hydrogen-bond donors (Lipinski definition) is 0. The summed E-state index contributed by atoms with van der Waals surface area (Å²) < 4.78 is 0. The molecule has 0 aromatic carbocycles. The van der Waals surface area contributed by atoms with Crippen LogP contribution in [0.15, 0.2) is 0 Å². The van der Waals surface area contributed by atoms with E-state index < -0.39 is 0 Å². The normalized spacial score (nSPS) is 9.83. The lowest BCUT2D eigenvalue weighted by Crippen LogP contribution is -1.98. The van der Waals surface area contributed by atoms with Gasteiger partial charge in [-0.15, -0.1) is 0 Å². The van der Waals surface area contributed by atoms with Crippen molar-refractivity contribution < 1.29 is 9.59 Å². The summed E-state index contributed by atoms with van der Waals surface area (Å²) in [5.74, 6) is 2.25. The van der Waals surface area contributed by atoms with E-state index in [4.69, 9.17) is 0 Å². The molecular formula is C9H16O2S. The van der Waals surface area contributed by atoms with E-state index in [2.05, 4.69) is 0 Å². The van der Waals surface area contributed by atoms with Crippen molar-refractivity contribution in [1.82, 2.24) is 0 Å². The predicted octanol–water partition coefficient (Wildman–Crippen LogP) is 2.07. The van der Waals surface area contributed by atoms with E-state index in [1.165, 1.54) is 0 Å². The van der Waals surface area contributed by atoms with Crippen molar-refractivity contribution in [2.75, 3.05) is 11.5 Å². The molecule has 0 N–H and O–H groups in total. The third kappa shape index (κ3) is 7.79. The molecule has 2 nitrogen and oxygen atoms in total. The Kier molecular flexibility index (Phi) is 7.16. The summed E-state index contributed by atoms with van der Waals surface area (Å²) in [5, 5.41) is 0. The summed E-state index contributed by atoms with van der Waals surface area (Å²) in [5.41, 5.74) is 0. The van der Waals surface area contributed by atoms with Gasteiger partial charge < -0.3 is 0 Å². The molecule has 0 radical (unpaired) electrons. The molecule has 0 aliphatic carbocycles. The Bertz CT molecular complexity index is 155. The van der Waals surface area contributed by atoms with Crippen LogP contribution in [0.25, 0.3) is 0 Å². The average molecular weight is 188 g/mol. The van der Waals surface area contributed by atoms with Crippen molar-refractivity contribution >= 4 is 23.3 Å². The van der Waals surface area contributed by atoms with Crippen LogP contribution in [0.4, 0.5) is 0 Å².